The molecule has 3 aromatic rings. The molecule has 0 atom stereocenters. The summed E-state index contributed by atoms with van der Waals surface area (Å²) >= 11 is 0. The van der Waals surface area contributed by atoms with Crippen LogP contribution in [0.15, 0.2) is 61.1 Å². The molecule has 2 aromatic heterocycles. The molecule has 3 heteroatoms. The van der Waals surface area contributed by atoms with Crippen molar-refractivity contribution < 1.29 is 0 Å². The normalized spacial score (nSPS) is 10.6. The van der Waals surface area contributed by atoms with E-state index < -0.39 is 0 Å². The van der Waals surface area contributed by atoms with Crippen LogP contribution < -0.4 is 0 Å². The Morgan fingerprint density at radius 3 is 2.71 bits per heavy atom. The van der Waals surface area contributed by atoms with Gasteiger partial charge < -0.3 is 9.55 Å². The maximum atomic E-state index is 4.26. The number of para-hydroxylation sites is 1. The second kappa shape index (κ2) is 4.29. The van der Waals surface area contributed by atoms with Crippen molar-refractivity contribution in [1.82, 2.24) is 14.5 Å². The average molecular weight is 223 g/mol. The minimum atomic E-state index is 0.814. The Balaban J connectivity index is 1.95. The van der Waals surface area contributed by atoms with E-state index in [0.29, 0.717) is 0 Å². The van der Waals surface area contributed by atoms with E-state index in [-0.39, 0.29) is 0 Å². The third-order valence-corrected chi connectivity index (χ3v) is 2.77. The van der Waals surface area contributed by atoms with Gasteiger partial charge in [0.05, 0.1) is 0 Å². The largest absolute Gasteiger partial charge is 0.348 e. The van der Waals surface area contributed by atoms with Crippen LogP contribution in [0.25, 0.3) is 5.69 Å². The van der Waals surface area contributed by atoms with E-state index in [1.807, 2.05) is 24.4 Å². The van der Waals surface area contributed by atoms with Gasteiger partial charge in [0.25, 0.3) is 0 Å². The number of aromatic nitrogens is 3. The highest BCUT2D eigenvalue weighted by Crippen LogP contribution is 2.14. The average Bonchev–Trinajstić information content (AvgIpc) is 3.02. The molecule has 0 saturated carbocycles. The van der Waals surface area contributed by atoms with Crippen molar-refractivity contribution in [2.24, 2.45) is 0 Å². The van der Waals surface area contributed by atoms with Gasteiger partial charge >= 0.3 is 0 Å². The summed E-state index contributed by atoms with van der Waals surface area (Å²) in [6.45, 7) is 0. The Morgan fingerprint density at radius 2 is 1.94 bits per heavy atom. The molecule has 2 heterocycles. The monoisotopic (exact) mass is 223 g/mol. The third-order valence-electron chi connectivity index (χ3n) is 2.77. The zero-order valence-corrected chi connectivity index (χ0v) is 9.38. The number of H-pyrrole nitrogens is 1. The van der Waals surface area contributed by atoms with E-state index in [1.165, 1.54) is 11.4 Å². The molecule has 0 bridgehead atoms. The Kier molecular flexibility index (Phi) is 2.50. The number of rotatable bonds is 3. The first kappa shape index (κ1) is 9.90. The van der Waals surface area contributed by atoms with Crippen LogP contribution in [0, 0.1) is 0 Å². The van der Waals surface area contributed by atoms with Gasteiger partial charge in [0, 0.05) is 36.4 Å². The number of nitrogens with one attached hydrogen (secondary N) is 1. The van der Waals surface area contributed by atoms with Crippen molar-refractivity contribution in [3.05, 3.63) is 72.6 Å². The Hall–Kier alpha value is -2.29. The first-order valence-corrected chi connectivity index (χ1v) is 5.63. The van der Waals surface area contributed by atoms with Crippen LogP contribution in [0.1, 0.15) is 11.5 Å². The Bertz CT molecular complexity index is 579. The zero-order valence-electron chi connectivity index (χ0n) is 9.38. The predicted molar refractivity (Wildman–Crippen MR) is 67.2 cm³/mol. The first-order valence-electron chi connectivity index (χ1n) is 5.63. The molecular formula is C14H13N3. The lowest BCUT2D eigenvalue weighted by molar-refractivity contribution is 0.914. The number of hydrogen-bond acceptors (Lipinski definition) is 1. The molecule has 0 aliphatic heterocycles. The summed E-state index contributed by atoms with van der Waals surface area (Å²) in [7, 11) is 0. The van der Waals surface area contributed by atoms with Crippen LogP contribution in [0.5, 0.6) is 0 Å². The van der Waals surface area contributed by atoms with Gasteiger partial charge in [-0.2, -0.15) is 0 Å². The minimum Gasteiger partial charge on any atom is -0.348 e. The quantitative estimate of drug-likeness (QED) is 0.727. The molecule has 0 saturated heterocycles. The van der Waals surface area contributed by atoms with Gasteiger partial charge in [-0.25, -0.2) is 4.98 Å². The molecule has 0 spiro atoms. The van der Waals surface area contributed by atoms with Crippen molar-refractivity contribution in [3.8, 4) is 5.69 Å². The van der Waals surface area contributed by atoms with Gasteiger partial charge in [0.2, 0.25) is 0 Å². The fourth-order valence-electron chi connectivity index (χ4n) is 1.97. The summed E-state index contributed by atoms with van der Waals surface area (Å²) in [5, 5.41) is 0. The summed E-state index contributed by atoms with van der Waals surface area (Å²) in [4.78, 5) is 7.39. The second-order valence-corrected chi connectivity index (χ2v) is 3.92. The van der Waals surface area contributed by atoms with Crippen LogP contribution in [0.4, 0.5) is 0 Å². The predicted octanol–water partition coefficient (Wildman–Crippen LogP) is 2.79. The van der Waals surface area contributed by atoms with Gasteiger partial charge in [0.15, 0.2) is 0 Å². The molecule has 0 aliphatic rings. The lowest BCUT2D eigenvalue weighted by Crippen LogP contribution is -2.00. The molecule has 1 aromatic carbocycles. The minimum absolute atomic E-state index is 0.814. The summed E-state index contributed by atoms with van der Waals surface area (Å²) < 4.78 is 2.18. The van der Waals surface area contributed by atoms with E-state index in [4.69, 9.17) is 0 Å². The lowest BCUT2D eigenvalue weighted by atomic mass is 10.2. The van der Waals surface area contributed by atoms with E-state index >= 15 is 0 Å². The summed E-state index contributed by atoms with van der Waals surface area (Å²) in [6, 6.07) is 14.5. The Labute approximate surface area is 99.8 Å². The fourth-order valence-corrected chi connectivity index (χ4v) is 1.97. The molecule has 3 rings (SSSR count). The van der Waals surface area contributed by atoms with Crippen molar-refractivity contribution in [2.75, 3.05) is 0 Å². The standard InChI is InChI=1S/C14H13N3/c1-2-5-12(6-3-1)17-10-4-7-13(17)11-14-15-8-9-16-14/h1-10H,11H2,(H,15,16). The molecule has 84 valence electrons. The van der Waals surface area contributed by atoms with E-state index in [1.54, 1.807) is 6.20 Å². The number of hydrogen-bond donors (Lipinski definition) is 1. The molecule has 1 N–H and O–H groups in total. The van der Waals surface area contributed by atoms with Gasteiger partial charge in [-0.05, 0) is 24.3 Å². The zero-order chi connectivity index (χ0) is 11.5. The van der Waals surface area contributed by atoms with Gasteiger partial charge in [-0.1, -0.05) is 18.2 Å². The van der Waals surface area contributed by atoms with Crippen LogP contribution in [0.3, 0.4) is 0 Å². The maximum absolute atomic E-state index is 4.26. The van der Waals surface area contributed by atoms with Crippen molar-refractivity contribution >= 4 is 0 Å². The SMILES string of the molecule is c1ccc(-n2cccc2Cc2ncc[nH]2)cc1. The van der Waals surface area contributed by atoms with Gasteiger partial charge in [-0.15, -0.1) is 0 Å². The summed E-state index contributed by atoms with van der Waals surface area (Å²) in [6.07, 6.45) is 6.53. The molecule has 3 nitrogen and oxygen atoms in total. The van der Waals surface area contributed by atoms with Crippen LogP contribution in [-0.4, -0.2) is 14.5 Å². The molecular weight excluding hydrogens is 210 g/mol. The molecule has 0 aliphatic carbocycles. The summed E-state index contributed by atoms with van der Waals surface area (Å²) in [5.41, 5.74) is 2.41. The van der Waals surface area contributed by atoms with Crippen molar-refractivity contribution in [1.29, 1.82) is 0 Å². The molecule has 0 amide bonds. The topological polar surface area (TPSA) is 33.6 Å². The highest BCUT2D eigenvalue weighted by atomic mass is 15.0. The molecule has 0 radical (unpaired) electrons. The van der Waals surface area contributed by atoms with Crippen LogP contribution in [0.2, 0.25) is 0 Å². The van der Waals surface area contributed by atoms with E-state index in [2.05, 4.69) is 45.0 Å². The van der Waals surface area contributed by atoms with E-state index in [9.17, 15) is 0 Å². The fraction of sp³-hybridized carbons (Fsp3) is 0.0714. The molecule has 0 fully saturated rings. The number of imidazole rings is 1. The van der Waals surface area contributed by atoms with Crippen LogP contribution >= 0.6 is 0 Å². The molecule has 0 unspecified atom stereocenters. The lowest BCUT2D eigenvalue weighted by Gasteiger charge is -2.07. The van der Waals surface area contributed by atoms with Crippen molar-refractivity contribution in [2.45, 2.75) is 6.42 Å². The smallest absolute Gasteiger partial charge is 0.111 e. The first-order chi connectivity index (χ1) is 8.43. The number of benzene rings is 1. The third kappa shape index (κ3) is 1.99. The van der Waals surface area contributed by atoms with Gasteiger partial charge in [0.1, 0.15) is 5.82 Å². The number of nitrogens with zero attached hydrogens (tertiary/aromatic N) is 2. The van der Waals surface area contributed by atoms with Gasteiger partial charge in [-0.3, -0.25) is 0 Å². The Morgan fingerprint density at radius 1 is 1.06 bits per heavy atom. The summed E-state index contributed by atoms with van der Waals surface area (Å²) in [5.74, 6) is 0.987. The highest BCUT2D eigenvalue weighted by Gasteiger charge is 2.04. The highest BCUT2D eigenvalue weighted by molar-refractivity contribution is 5.35. The van der Waals surface area contributed by atoms with Crippen LogP contribution in [-0.2, 0) is 6.42 Å². The number of aromatic amines is 1. The molecule has 17 heavy (non-hydrogen) atoms. The van der Waals surface area contributed by atoms with E-state index in [0.717, 1.165) is 12.2 Å². The van der Waals surface area contributed by atoms with Crippen molar-refractivity contribution in [3.63, 3.8) is 0 Å². The second-order valence-electron chi connectivity index (χ2n) is 3.92. The maximum Gasteiger partial charge on any atom is 0.111 e.